The molecule has 2 aromatic rings. The van der Waals surface area contributed by atoms with Gasteiger partial charge < -0.3 is 10.1 Å². The largest absolute Gasteiger partial charge is 0.383 e. The number of methoxy groups -OCH3 is 1. The van der Waals surface area contributed by atoms with E-state index in [1.54, 1.807) is 7.11 Å². The fraction of sp³-hybridized carbons (Fsp3) is 0.400. The maximum atomic E-state index is 5.09. The number of benzene rings is 1. The van der Waals surface area contributed by atoms with E-state index in [2.05, 4.69) is 35.7 Å². The van der Waals surface area contributed by atoms with Crippen molar-refractivity contribution in [2.45, 2.75) is 19.4 Å². The third-order valence-corrected chi connectivity index (χ3v) is 2.98. The lowest BCUT2D eigenvalue weighted by molar-refractivity contribution is 0.172. The number of para-hydroxylation sites is 1. The summed E-state index contributed by atoms with van der Waals surface area (Å²) in [4.78, 5) is 0. The van der Waals surface area contributed by atoms with Gasteiger partial charge in [0.15, 0.2) is 0 Å². The average Bonchev–Trinajstić information content (AvgIpc) is 2.89. The summed E-state index contributed by atoms with van der Waals surface area (Å²) in [5, 5.41) is 7.80. The number of aromatic nitrogens is 2. The summed E-state index contributed by atoms with van der Waals surface area (Å²) in [6, 6.07) is 10.5. The van der Waals surface area contributed by atoms with Gasteiger partial charge in [-0.2, -0.15) is 5.10 Å². The normalized spacial score (nSPS) is 12.5. The van der Waals surface area contributed by atoms with Gasteiger partial charge in [0.05, 0.1) is 18.5 Å². The van der Waals surface area contributed by atoms with Gasteiger partial charge in [0, 0.05) is 19.3 Å². The highest BCUT2D eigenvalue weighted by atomic mass is 16.5. The van der Waals surface area contributed by atoms with Crippen LogP contribution in [0.4, 0.5) is 0 Å². The van der Waals surface area contributed by atoms with Gasteiger partial charge in [0.1, 0.15) is 0 Å². The van der Waals surface area contributed by atoms with Crippen LogP contribution in [0.5, 0.6) is 0 Å². The molecule has 0 radical (unpaired) electrons. The fourth-order valence-electron chi connectivity index (χ4n) is 1.98. The highest BCUT2D eigenvalue weighted by Crippen LogP contribution is 2.07. The topological polar surface area (TPSA) is 39.1 Å². The van der Waals surface area contributed by atoms with Gasteiger partial charge in [-0.05, 0) is 37.6 Å². The van der Waals surface area contributed by atoms with Crippen molar-refractivity contribution in [3.63, 3.8) is 0 Å². The summed E-state index contributed by atoms with van der Waals surface area (Å²) in [5.74, 6) is 0. The van der Waals surface area contributed by atoms with Gasteiger partial charge in [-0.1, -0.05) is 18.2 Å². The summed E-state index contributed by atoms with van der Waals surface area (Å²) >= 11 is 0. The molecule has 0 saturated carbocycles. The lowest BCUT2D eigenvalue weighted by Gasteiger charge is -2.11. The summed E-state index contributed by atoms with van der Waals surface area (Å²) in [6.07, 6.45) is 4.98. The first-order valence-corrected chi connectivity index (χ1v) is 6.61. The molecule has 19 heavy (non-hydrogen) atoms. The van der Waals surface area contributed by atoms with Crippen LogP contribution in [0.2, 0.25) is 0 Å². The van der Waals surface area contributed by atoms with E-state index >= 15 is 0 Å². The molecule has 0 bridgehead atoms. The van der Waals surface area contributed by atoms with Crippen LogP contribution in [-0.2, 0) is 11.2 Å². The van der Waals surface area contributed by atoms with Gasteiger partial charge in [0.2, 0.25) is 0 Å². The molecule has 0 aliphatic heterocycles. The van der Waals surface area contributed by atoms with Crippen molar-refractivity contribution in [3.8, 4) is 5.69 Å². The minimum Gasteiger partial charge on any atom is -0.383 e. The molecular weight excluding hydrogens is 238 g/mol. The standard InChI is InChI=1S/C15H21N3O/c1-13(12-19-2)16-9-8-14-10-17-18(11-14)15-6-4-3-5-7-15/h3-7,10-11,13,16H,8-9,12H2,1-2H3/t13-/m1/s1. The lowest BCUT2D eigenvalue weighted by atomic mass is 10.2. The van der Waals surface area contributed by atoms with Crippen molar-refractivity contribution in [2.75, 3.05) is 20.3 Å². The summed E-state index contributed by atoms with van der Waals surface area (Å²) in [5.41, 5.74) is 2.33. The van der Waals surface area contributed by atoms with Crippen molar-refractivity contribution in [1.82, 2.24) is 15.1 Å². The van der Waals surface area contributed by atoms with Crippen LogP contribution in [-0.4, -0.2) is 36.1 Å². The van der Waals surface area contributed by atoms with Crippen LogP contribution in [0.25, 0.3) is 5.69 Å². The Morgan fingerprint density at radius 1 is 1.32 bits per heavy atom. The van der Waals surface area contributed by atoms with Crippen molar-refractivity contribution in [2.24, 2.45) is 0 Å². The molecule has 0 aliphatic carbocycles. The molecule has 2 rings (SSSR count). The molecule has 1 aromatic heterocycles. The van der Waals surface area contributed by atoms with Crippen LogP contribution >= 0.6 is 0 Å². The van der Waals surface area contributed by atoms with Crippen molar-refractivity contribution >= 4 is 0 Å². The smallest absolute Gasteiger partial charge is 0.0645 e. The number of rotatable bonds is 7. The summed E-state index contributed by atoms with van der Waals surface area (Å²) < 4.78 is 7.00. The molecule has 1 aromatic carbocycles. The van der Waals surface area contributed by atoms with Gasteiger partial charge in [0.25, 0.3) is 0 Å². The lowest BCUT2D eigenvalue weighted by Crippen LogP contribution is -2.31. The quantitative estimate of drug-likeness (QED) is 0.827. The molecule has 4 nitrogen and oxygen atoms in total. The van der Waals surface area contributed by atoms with E-state index in [9.17, 15) is 0 Å². The molecule has 0 amide bonds. The number of hydrogen-bond donors (Lipinski definition) is 1. The highest BCUT2D eigenvalue weighted by molar-refractivity contribution is 5.30. The second-order valence-electron chi connectivity index (χ2n) is 4.69. The van der Waals surface area contributed by atoms with Crippen LogP contribution in [0.1, 0.15) is 12.5 Å². The van der Waals surface area contributed by atoms with E-state index in [1.165, 1.54) is 5.56 Å². The fourth-order valence-corrected chi connectivity index (χ4v) is 1.98. The van der Waals surface area contributed by atoms with Gasteiger partial charge in [-0.15, -0.1) is 0 Å². The second kappa shape index (κ2) is 7.07. The van der Waals surface area contributed by atoms with E-state index in [4.69, 9.17) is 4.74 Å². The summed E-state index contributed by atoms with van der Waals surface area (Å²) in [7, 11) is 1.72. The predicted molar refractivity (Wildman–Crippen MR) is 76.6 cm³/mol. The Labute approximate surface area is 114 Å². The number of ether oxygens (including phenoxy) is 1. The Balaban J connectivity index is 1.85. The Kier molecular flexibility index (Phi) is 5.12. The molecule has 0 aliphatic rings. The van der Waals surface area contributed by atoms with E-state index in [0.717, 1.165) is 25.3 Å². The molecule has 0 spiro atoms. The van der Waals surface area contributed by atoms with Gasteiger partial charge in [-0.3, -0.25) is 0 Å². The van der Waals surface area contributed by atoms with E-state index in [0.29, 0.717) is 6.04 Å². The number of hydrogen-bond acceptors (Lipinski definition) is 3. The third-order valence-electron chi connectivity index (χ3n) is 2.98. The van der Waals surface area contributed by atoms with Crippen LogP contribution in [0.3, 0.4) is 0 Å². The Morgan fingerprint density at radius 3 is 2.84 bits per heavy atom. The Bertz CT molecular complexity index is 481. The molecule has 0 fully saturated rings. The zero-order chi connectivity index (χ0) is 13.5. The Hall–Kier alpha value is -1.65. The maximum absolute atomic E-state index is 5.09. The molecule has 102 valence electrons. The van der Waals surface area contributed by atoms with Crippen LogP contribution in [0, 0.1) is 0 Å². The van der Waals surface area contributed by atoms with Crippen LogP contribution < -0.4 is 5.32 Å². The number of nitrogens with zero attached hydrogens (tertiary/aromatic N) is 2. The predicted octanol–water partition coefficient (Wildman–Crippen LogP) is 2.04. The van der Waals surface area contributed by atoms with Crippen molar-refractivity contribution in [1.29, 1.82) is 0 Å². The Morgan fingerprint density at radius 2 is 2.11 bits per heavy atom. The molecule has 1 heterocycles. The van der Waals surface area contributed by atoms with E-state index in [-0.39, 0.29) is 0 Å². The molecule has 1 N–H and O–H groups in total. The first kappa shape index (κ1) is 13.8. The average molecular weight is 259 g/mol. The SMILES string of the molecule is COC[C@@H](C)NCCc1cnn(-c2ccccc2)c1. The molecule has 0 saturated heterocycles. The maximum Gasteiger partial charge on any atom is 0.0645 e. The van der Waals surface area contributed by atoms with Gasteiger partial charge in [-0.25, -0.2) is 4.68 Å². The molecule has 0 unspecified atom stereocenters. The van der Waals surface area contributed by atoms with E-state index in [1.807, 2.05) is 29.1 Å². The van der Waals surface area contributed by atoms with Crippen LogP contribution in [0.15, 0.2) is 42.7 Å². The number of nitrogens with one attached hydrogen (secondary N) is 1. The summed E-state index contributed by atoms with van der Waals surface area (Å²) in [6.45, 7) is 3.80. The van der Waals surface area contributed by atoms with Gasteiger partial charge >= 0.3 is 0 Å². The van der Waals surface area contributed by atoms with E-state index < -0.39 is 0 Å². The van der Waals surface area contributed by atoms with Crippen molar-refractivity contribution in [3.05, 3.63) is 48.3 Å². The molecular formula is C15H21N3O. The minimum atomic E-state index is 0.383. The zero-order valence-corrected chi connectivity index (χ0v) is 11.5. The molecule has 1 atom stereocenters. The minimum absolute atomic E-state index is 0.383. The molecule has 4 heteroatoms. The monoisotopic (exact) mass is 259 g/mol. The second-order valence-corrected chi connectivity index (χ2v) is 4.69. The zero-order valence-electron chi connectivity index (χ0n) is 11.5. The third kappa shape index (κ3) is 4.19. The first-order valence-electron chi connectivity index (χ1n) is 6.61. The highest BCUT2D eigenvalue weighted by Gasteiger charge is 2.02. The van der Waals surface area contributed by atoms with Crippen molar-refractivity contribution < 1.29 is 4.74 Å². The first-order chi connectivity index (χ1) is 9.29.